The van der Waals surface area contributed by atoms with Crippen LogP contribution in [0.1, 0.15) is 0 Å². The van der Waals surface area contributed by atoms with Gasteiger partial charge < -0.3 is 5.11 Å². The first-order valence-corrected chi connectivity index (χ1v) is 4.21. The summed E-state index contributed by atoms with van der Waals surface area (Å²) in [6.45, 7) is 0.184. The van der Waals surface area contributed by atoms with E-state index in [4.69, 9.17) is 5.11 Å². The molecule has 0 saturated heterocycles. The zero-order valence-corrected chi connectivity index (χ0v) is 7.80. The van der Waals surface area contributed by atoms with Gasteiger partial charge in [-0.2, -0.15) is 12.6 Å². The van der Waals surface area contributed by atoms with E-state index in [1.165, 1.54) is 0 Å². The maximum absolute atomic E-state index is 7.80. The first kappa shape index (κ1) is 10.8. The first-order valence-electron chi connectivity index (χ1n) is 3.13. The lowest BCUT2D eigenvalue weighted by Gasteiger charge is -1.81. The van der Waals surface area contributed by atoms with Crippen LogP contribution in [0.3, 0.4) is 0 Å². The molecule has 1 rings (SSSR count). The Labute approximate surface area is 77.5 Å². The number of nitrogens with zero attached hydrogens (tertiary/aromatic N) is 1. The number of aliphatic hydroxyl groups is 1. The maximum atomic E-state index is 7.80. The van der Waals surface area contributed by atoms with E-state index in [9.17, 15) is 0 Å². The van der Waals surface area contributed by atoms with Crippen LogP contribution < -0.4 is 0 Å². The van der Waals surface area contributed by atoms with E-state index >= 15 is 0 Å². The standard InChI is InChI=1S/C5H5NS.C2H6OS/c7-5-3-1-2-4-6-5;3-1-2-4/h1-4H,(H,6,7);3-4H,1-2H2. The van der Waals surface area contributed by atoms with E-state index in [1.54, 1.807) is 6.20 Å². The third-order valence-electron chi connectivity index (χ3n) is 0.749. The van der Waals surface area contributed by atoms with Crippen LogP contribution in [-0.4, -0.2) is 22.5 Å². The Bertz CT molecular complexity index is 167. The summed E-state index contributed by atoms with van der Waals surface area (Å²) in [5.74, 6) is 0.569. The van der Waals surface area contributed by atoms with Crippen LogP contribution in [0.2, 0.25) is 0 Å². The second-order valence-electron chi connectivity index (χ2n) is 1.64. The Morgan fingerprint density at radius 3 is 2.27 bits per heavy atom. The predicted octanol–water partition coefficient (Wildman–Crippen LogP) is 1.28. The average Bonchev–Trinajstić information content (AvgIpc) is 2.07. The van der Waals surface area contributed by atoms with Crippen LogP contribution in [0.25, 0.3) is 0 Å². The van der Waals surface area contributed by atoms with Crippen molar-refractivity contribution in [2.75, 3.05) is 12.4 Å². The second-order valence-corrected chi connectivity index (χ2v) is 2.54. The molecule has 0 amide bonds. The third-order valence-corrected chi connectivity index (χ3v) is 1.21. The molecule has 62 valence electrons. The van der Waals surface area contributed by atoms with E-state index in [2.05, 4.69) is 30.2 Å². The smallest absolute Gasteiger partial charge is 0.0929 e. The van der Waals surface area contributed by atoms with Crippen molar-refractivity contribution in [1.29, 1.82) is 0 Å². The lowest BCUT2D eigenvalue weighted by atomic mass is 10.5. The molecule has 0 radical (unpaired) electrons. The number of hydrogen-bond donors (Lipinski definition) is 3. The Morgan fingerprint density at radius 1 is 1.45 bits per heavy atom. The van der Waals surface area contributed by atoms with Gasteiger partial charge in [-0.15, -0.1) is 12.6 Å². The molecule has 0 aromatic carbocycles. The third kappa shape index (κ3) is 7.71. The lowest BCUT2D eigenvalue weighted by molar-refractivity contribution is 0.323. The van der Waals surface area contributed by atoms with Crippen LogP contribution in [0.5, 0.6) is 0 Å². The van der Waals surface area contributed by atoms with Gasteiger partial charge >= 0.3 is 0 Å². The van der Waals surface area contributed by atoms with Gasteiger partial charge in [-0.05, 0) is 12.1 Å². The summed E-state index contributed by atoms with van der Waals surface area (Å²) in [5.41, 5.74) is 0. The zero-order chi connectivity index (χ0) is 8.53. The van der Waals surface area contributed by atoms with E-state index in [0.29, 0.717) is 5.75 Å². The minimum atomic E-state index is 0.184. The number of thiol groups is 2. The van der Waals surface area contributed by atoms with Crippen LogP contribution in [0, 0.1) is 0 Å². The fourth-order valence-electron chi connectivity index (χ4n) is 0.354. The van der Waals surface area contributed by atoms with Crippen LogP contribution in [-0.2, 0) is 0 Å². The highest BCUT2D eigenvalue weighted by Crippen LogP contribution is 1.95. The molecule has 0 aliphatic rings. The van der Waals surface area contributed by atoms with E-state index in [0.717, 1.165) is 5.03 Å². The van der Waals surface area contributed by atoms with Gasteiger partial charge in [-0.3, -0.25) is 4.98 Å². The van der Waals surface area contributed by atoms with Crippen LogP contribution in [0.15, 0.2) is 29.4 Å². The summed E-state index contributed by atoms with van der Waals surface area (Å²) >= 11 is 7.64. The topological polar surface area (TPSA) is 33.1 Å². The van der Waals surface area contributed by atoms with Gasteiger partial charge in [0, 0.05) is 11.9 Å². The summed E-state index contributed by atoms with van der Waals surface area (Å²) in [7, 11) is 0. The molecule has 0 aliphatic carbocycles. The zero-order valence-electron chi connectivity index (χ0n) is 6.01. The molecular weight excluding hydrogens is 178 g/mol. The minimum Gasteiger partial charge on any atom is -0.396 e. The molecule has 1 aromatic rings. The predicted molar refractivity (Wildman–Crippen MR) is 52.4 cm³/mol. The van der Waals surface area contributed by atoms with E-state index < -0.39 is 0 Å². The summed E-state index contributed by atoms with van der Waals surface area (Å²) < 4.78 is 0. The van der Waals surface area contributed by atoms with Crippen molar-refractivity contribution in [2.45, 2.75) is 5.03 Å². The van der Waals surface area contributed by atoms with Gasteiger partial charge in [0.15, 0.2) is 0 Å². The first-order chi connectivity index (χ1) is 5.31. The van der Waals surface area contributed by atoms with Crippen molar-refractivity contribution < 1.29 is 5.11 Å². The highest BCUT2D eigenvalue weighted by Gasteiger charge is 1.74. The van der Waals surface area contributed by atoms with Crippen LogP contribution in [0.4, 0.5) is 0 Å². The lowest BCUT2D eigenvalue weighted by Crippen LogP contribution is -1.76. The Balaban J connectivity index is 0.000000218. The van der Waals surface area contributed by atoms with Crippen molar-refractivity contribution in [3.63, 3.8) is 0 Å². The van der Waals surface area contributed by atoms with Gasteiger partial charge in [0.05, 0.1) is 11.6 Å². The van der Waals surface area contributed by atoms with Crippen molar-refractivity contribution in [2.24, 2.45) is 0 Å². The molecule has 0 fully saturated rings. The molecule has 0 saturated carbocycles. The van der Waals surface area contributed by atoms with Crippen molar-refractivity contribution >= 4 is 25.3 Å². The number of hydrogen-bond acceptors (Lipinski definition) is 4. The highest BCUT2D eigenvalue weighted by molar-refractivity contribution is 7.80. The monoisotopic (exact) mass is 189 g/mol. The summed E-state index contributed by atoms with van der Waals surface area (Å²) in [6.07, 6.45) is 1.71. The minimum absolute atomic E-state index is 0.184. The Morgan fingerprint density at radius 2 is 2.09 bits per heavy atom. The average molecular weight is 189 g/mol. The highest BCUT2D eigenvalue weighted by atomic mass is 32.1. The molecule has 4 heteroatoms. The molecule has 0 aliphatic heterocycles. The van der Waals surface area contributed by atoms with Crippen molar-refractivity contribution in [3.05, 3.63) is 24.4 Å². The van der Waals surface area contributed by atoms with Gasteiger partial charge in [0.25, 0.3) is 0 Å². The fourth-order valence-corrected chi connectivity index (χ4v) is 0.506. The second kappa shape index (κ2) is 7.91. The van der Waals surface area contributed by atoms with Gasteiger partial charge in [-0.25, -0.2) is 0 Å². The number of aliphatic hydroxyl groups excluding tert-OH is 1. The van der Waals surface area contributed by atoms with Crippen LogP contribution >= 0.6 is 25.3 Å². The van der Waals surface area contributed by atoms with Crippen molar-refractivity contribution in [3.8, 4) is 0 Å². The molecule has 0 bridgehead atoms. The molecule has 0 spiro atoms. The quantitative estimate of drug-likeness (QED) is 0.582. The summed E-state index contributed by atoms with van der Waals surface area (Å²) in [4.78, 5) is 3.84. The number of aromatic nitrogens is 1. The number of pyridine rings is 1. The molecule has 0 unspecified atom stereocenters. The number of rotatable bonds is 1. The summed E-state index contributed by atoms with van der Waals surface area (Å²) in [6, 6.07) is 5.60. The maximum Gasteiger partial charge on any atom is 0.0929 e. The molecule has 2 nitrogen and oxygen atoms in total. The fraction of sp³-hybridized carbons (Fsp3) is 0.286. The molecular formula is C7H11NOS2. The van der Waals surface area contributed by atoms with Gasteiger partial charge in [0.2, 0.25) is 0 Å². The van der Waals surface area contributed by atoms with Crippen molar-refractivity contribution in [1.82, 2.24) is 4.98 Å². The van der Waals surface area contributed by atoms with Gasteiger partial charge in [-0.1, -0.05) is 6.07 Å². The summed E-state index contributed by atoms with van der Waals surface area (Å²) in [5, 5.41) is 8.56. The molecule has 1 aromatic heterocycles. The SMILES string of the molecule is OCCS.Sc1ccccn1. The Kier molecular flexibility index (Phi) is 7.78. The normalized spacial score (nSPS) is 8.27. The van der Waals surface area contributed by atoms with E-state index in [1.807, 2.05) is 18.2 Å². The largest absolute Gasteiger partial charge is 0.396 e. The molecule has 1 heterocycles. The Hall–Kier alpha value is -0.190. The molecule has 1 N–H and O–H groups in total. The molecule has 11 heavy (non-hydrogen) atoms. The van der Waals surface area contributed by atoms with E-state index in [-0.39, 0.29) is 6.61 Å². The van der Waals surface area contributed by atoms with Gasteiger partial charge in [0.1, 0.15) is 0 Å². The molecule has 0 atom stereocenters.